The van der Waals surface area contributed by atoms with Gasteiger partial charge in [-0.2, -0.15) is 0 Å². The van der Waals surface area contributed by atoms with Crippen molar-refractivity contribution >= 4 is 44.9 Å². The number of hydrogen-bond acceptors (Lipinski definition) is 5. The summed E-state index contributed by atoms with van der Waals surface area (Å²) in [7, 11) is 0. The van der Waals surface area contributed by atoms with E-state index in [-0.39, 0.29) is 11.5 Å². The van der Waals surface area contributed by atoms with Crippen LogP contribution in [0, 0.1) is 12.8 Å². The summed E-state index contributed by atoms with van der Waals surface area (Å²) in [5.41, 5.74) is 1.84. The van der Waals surface area contributed by atoms with E-state index in [0.29, 0.717) is 23.2 Å². The quantitative estimate of drug-likeness (QED) is 0.556. The van der Waals surface area contributed by atoms with Gasteiger partial charge in [0.2, 0.25) is 5.91 Å². The molecular formula is C21H25N3O2S2. The normalized spacial score (nSPS) is 12.2. The summed E-state index contributed by atoms with van der Waals surface area (Å²) in [6.45, 7) is 6.43. The minimum absolute atomic E-state index is 0.0672. The molecule has 148 valence electrons. The van der Waals surface area contributed by atoms with Crippen molar-refractivity contribution in [3.8, 4) is 0 Å². The van der Waals surface area contributed by atoms with Gasteiger partial charge in [0.25, 0.3) is 5.56 Å². The number of fused-ring (bicyclic) bond motifs is 1. The van der Waals surface area contributed by atoms with Crippen LogP contribution in [0.3, 0.4) is 0 Å². The molecule has 1 atom stereocenters. The maximum atomic E-state index is 12.7. The summed E-state index contributed by atoms with van der Waals surface area (Å²) < 4.78 is 0. The second kappa shape index (κ2) is 9.39. The molecule has 0 unspecified atom stereocenters. The SMILES string of the molecule is CC[C@@H](C)Cc1c(C)sc2nc(CSCC(=O)Nc3ccccc3)[nH]c(=O)c12. The fourth-order valence-electron chi connectivity index (χ4n) is 2.99. The summed E-state index contributed by atoms with van der Waals surface area (Å²) in [4.78, 5) is 34.2. The first kappa shape index (κ1) is 20.6. The molecular weight excluding hydrogens is 390 g/mol. The van der Waals surface area contributed by atoms with E-state index in [1.54, 1.807) is 11.3 Å². The van der Waals surface area contributed by atoms with Crippen LogP contribution in [-0.2, 0) is 17.0 Å². The van der Waals surface area contributed by atoms with Crippen LogP contribution >= 0.6 is 23.1 Å². The lowest BCUT2D eigenvalue weighted by Crippen LogP contribution is -2.15. The first-order valence-corrected chi connectivity index (χ1v) is 11.4. The molecule has 0 aliphatic heterocycles. The van der Waals surface area contributed by atoms with Crippen LogP contribution in [-0.4, -0.2) is 21.6 Å². The maximum absolute atomic E-state index is 12.7. The highest BCUT2D eigenvalue weighted by atomic mass is 32.2. The Hall–Kier alpha value is -2.12. The summed E-state index contributed by atoms with van der Waals surface area (Å²) in [6, 6.07) is 9.37. The smallest absolute Gasteiger partial charge is 0.259 e. The minimum atomic E-state index is -0.0722. The van der Waals surface area contributed by atoms with Gasteiger partial charge in [-0.15, -0.1) is 23.1 Å². The Bertz CT molecular complexity index is 1010. The molecule has 1 amide bonds. The zero-order valence-corrected chi connectivity index (χ0v) is 18.0. The molecule has 0 saturated heterocycles. The Labute approximate surface area is 173 Å². The zero-order valence-electron chi connectivity index (χ0n) is 16.4. The molecule has 7 heteroatoms. The van der Waals surface area contributed by atoms with Crippen LogP contribution < -0.4 is 10.9 Å². The van der Waals surface area contributed by atoms with Gasteiger partial charge in [-0.25, -0.2) is 4.98 Å². The summed E-state index contributed by atoms with van der Waals surface area (Å²) in [5.74, 6) is 1.88. The predicted octanol–water partition coefficient (Wildman–Crippen LogP) is 4.75. The third kappa shape index (κ3) is 5.02. The molecule has 0 saturated carbocycles. The van der Waals surface area contributed by atoms with Crippen LogP contribution in [0.25, 0.3) is 10.2 Å². The molecule has 0 spiro atoms. The molecule has 1 aromatic carbocycles. The predicted molar refractivity (Wildman–Crippen MR) is 119 cm³/mol. The number of amides is 1. The highest BCUT2D eigenvalue weighted by Gasteiger charge is 2.17. The molecule has 5 nitrogen and oxygen atoms in total. The number of anilines is 1. The van der Waals surface area contributed by atoms with Gasteiger partial charge in [-0.05, 0) is 37.0 Å². The van der Waals surface area contributed by atoms with E-state index in [2.05, 4.69) is 36.1 Å². The fourth-order valence-corrected chi connectivity index (χ4v) is 4.75. The number of aromatic amines is 1. The molecule has 2 heterocycles. The molecule has 0 aliphatic carbocycles. The number of carbonyl (C=O) groups excluding carboxylic acids is 1. The maximum Gasteiger partial charge on any atom is 0.259 e. The number of hydrogen-bond donors (Lipinski definition) is 2. The van der Waals surface area contributed by atoms with Crippen LogP contribution in [0.2, 0.25) is 0 Å². The molecule has 2 aromatic heterocycles. The summed E-state index contributed by atoms with van der Waals surface area (Å²) >= 11 is 3.02. The number of thiophene rings is 1. The number of aryl methyl sites for hydroxylation is 1. The third-order valence-electron chi connectivity index (χ3n) is 4.69. The highest BCUT2D eigenvalue weighted by molar-refractivity contribution is 7.99. The van der Waals surface area contributed by atoms with Gasteiger partial charge in [0.1, 0.15) is 10.7 Å². The summed E-state index contributed by atoms with van der Waals surface area (Å²) in [5, 5.41) is 3.59. The molecule has 0 fully saturated rings. The van der Waals surface area contributed by atoms with E-state index in [1.165, 1.54) is 16.6 Å². The van der Waals surface area contributed by atoms with Gasteiger partial charge in [0, 0.05) is 10.6 Å². The first-order chi connectivity index (χ1) is 13.5. The van der Waals surface area contributed by atoms with Crippen molar-refractivity contribution in [2.24, 2.45) is 5.92 Å². The molecule has 2 N–H and O–H groups in total. The van der Waals surface area contributed by atoms with Crippen molar-refractivity contribution in [3.63, 3.8) is 0 Å². The number of carbonyl (C=O) groups is 1. The Morgan fingerprint density at radius 1 is 1.32 bits per heavy atom. The Balaban J connectivity index is 1.66. The molecule has 28 heavy (non-hydrogen) atoms. The summed E-state index contributed by atoms with van der Waals surface area (Å²) in [6.07, 6.45) is 1.99. The average Bonchev–Trinajstić information content (AvgIpc) is 2.98. The Morgan fingerprint density at radius 2 is 2.07 bits per heavy atom. The topological polar surface area (TPSA) is 74.8 Å². The van der Waals surface area contributed by atoms with Crippen molar-refractivity contribution in [2.45, 2.75) is 39.4 Å². The third-order valence-corrected chi connectivity index (χ3v) is 6.68. The van der Waals surface area contributed by atoms with Crippen LogP contribution in [0.1, 0.15) is 36.5 Å². The van der Waals surface area contributed by atoms with Gasteiger partial charge >= 0.3 is 0 Å². The number of nitrogens with one attached hydrogen (secondary N) is 2. The molecule has 0 bridgehead atoms. The van der Waals surface area contributed by atoms with Gasteiger partial charge < -0.3 is 10.3 Å². The van der Waals surface area contributed by atoms with Gasteiger partial charge in [0.05, 0.1) is 16.9 Å². The average molecular weight is 416 g/mol. The van der Waals surface area contributed by atoms with Gasteiger partial charge in [-0.1, -0.05) is 38.5 Å². The lowest BCUT2D eigenvalue weighted by molar-refractivity contribution is -0.113. The number of aromatic nitrogens is 2. The zero-order chi connectivity index (χ0) is 20.1. The largest absolute Gasteiger partial charge is 0.325 e. The number of H-pyrrole nitrogens is 1. The van der Waals surface area contributed by atoms with Crippen molar-refractivity contribution < 1.29 is 4.79 Å². The molecule has 0 aliphatic rings. The van der Waals surface area contributed by atoms with E-state index in [0.717, 1.165) is 34.3 Å². The number of nitrogens with zero attached hydrogens (tertiary/aromatic N) is 1. The van der Waals surface area contributed by atoms with Gasteiger partial charge in [-0.3, -0.25) is 9.59 Å². The van der Waals surface area contributed by atoms with E-state index < -0.39 is 0 Å². The number of benzene rings is 1. The number of thioether (sulfide) groups is 1. The second-order valence-corrected chi connectivity index (χ2v) is 9.14. The van der Waals surface area contributed by atoms with E-state index in [4.69, 9.17) is 0 Å². The van der Waals surface area contributed by atoms with E-state index in [1.807, 2.05) is 30.3 Å². The molecule has 3 rings (SSSR count). The Kier molecular flexibility index (Phi) is 6.91. The second-order valence-electron chi connectivity index (χ2n) is 6.95. The number of rotatable bonds is 8. The number of para-hydroxylation sites is 1. The lowest BCUT2D eigenvalue weighted by Gasteiger charge is -2.08. The lowest BCUT2D eigenvalue weighted by atomic mass is 9.98. The van der Waals surface area contributed by atoms with Crippen LogP contribution in [0.4, 0.5) is 5.69 Å². The first-order valence-electron chi connectivity index (χ1n) is 9.41. The van der Waals surface area contributed by atoms with Crippen molar-refractivity contribution in [1.82, 2.24) is 9.97 Å². The minimum Gasteiger partial charge on any atom is -0.325 e. The highest BCUT2D eigenvalue weighted by Crippen LogP contribution is 2.29. The van der Waals surface area contributed by atoms with E-state index >= 15 is 0 Å². The van der Waals surface area contributed by atoms with Crippen molar-refractivity contribution in [2.75, 3.05) is 11.1 Å². The van der Waals surface area contributed by atoms with Gasteiger partial charge in [0.15, 0.2) is 0 Å². The fraction of sp³-hybridized carbons (Fsp3) is 0.381. The Morgan fingerprint density at radius 3 is 2.79 bits per heavy atom. The van der Waals surface area contributed by atoms with Crippen molar-refractivity contribution in [1.29, 1.82) is 0 Å². The monoisotopic (exact) mass is 415 g/mol. The van der Waals surface area contributed by atoms with Crippen molar-refractivity contribution in [3.05, 3.63) is 57.0 Å². The molecule has 3 aromatic rings. The van der Waals surface area contributed by atoms with E-state index in [9.17, 15) is 9.59 Å². The van der Waals surface area contributed by atoms with Crippen LogP contribution in [0.15, 0.2) is 35.1 Å². The van der Waals surface area contributed by atoms with Crippen LogP contribution in [0.5, 0.6) is 0 Å². The standard InChI is InChI=1S/C21H25N3O2S2/c1-4-13(2)10-16-14(3)28-21-19(16)20(26)23-17(24-21)11-27-12-18(25)22-15-8-6-5-7-9-15/h5-9,13H,4,10-12H2,1-3H3,(H,22,25)(H,23,24,26)/t13-/m1/s1. The molecule has 0 radical (unpaired) electrons.